The molecule has 6 aliphatic rings. The molecule has 3 saturated carbocycles. The van der Waals surface area contributed by atoms with Crippen molar-refractivity contribution in [1.29, 1.82) is 0 Å². The van der Waals surface area contributed by atoms with Gasteiger partial charge in [0.05, 0.1) is 49.8 Å². The Labute approximate surface area is 319 Å². The van der Waals surface area contributed by atoms with Crippen molar-refractivity contribution >= 4 is 0 Å². The summed E-state index contributed by atoms with van der Waals surface area (Å²) in [4.78, 5) is 0. The molecule has 2 aliphatic heterocycles. The van der Waals surface area contributed by atoms with Gasteiger partial charge in [-0.2, -0.15) is 0 Å². The average molecular weight is 773 g/mol. The average Bonchev–Trinajstić information content (AvgIpc) is 3.32. The lowest BCUT2D eigenvalue weighted by molar-refractivity contribution is -0.285. The molecule has 6 rings (SSSR count). The first-order chi connectivity index (χ1) is 25.4. The van der Waals surface area contributed by atoms with Crippen LogP contribution in [0.4, 0.5) is 0 Å². The monoisotopic (exact) mass is 772 g/mol. The Morgan fingerprint density at radius 3 is 2.13 bits per heavy atom. The van der Waals surface area contributed by atoms with Crippen molar-refractivity contribution in [1.82, 2.24) is 0 Å². The molecule has 312 valence electrons. The third-order valence-electron chi connectivity index (χ3n) is 15.1. The van der Waals surface area contributed by atoms with Crippen LogP contribution in [0.15, 0.2) is 11.6 Å². The molecule has 14 heteroatoms. The van der Waals surface area contributed by atoms with Crippen LogP contribution in [-0.2, 0) is 23.7 Å². The molecule has 9 N–H and O–H groups in total. The summed E-state index contributed by atoms with van der Waals surface area (Å²) in [6, 6.07) is 0. The molecular weight excluding hydrogens is 704 g/mol. The highest BCUT2D eigenvalue weighted by molar-refractivity contribution is 5.33. The van der Waals surface area contributed by atoms with E-state index in [1.807, 2.05) is 6.08 Å². The standard InChI is InChI=1S/C40H68O14/c1-19(2)21(11-14-51-36-33(48)29(44)25(42)17-52-36)8-7-20(3)28-31(46)32(47)35-39(28,5)13-10-27-38(4)12-9-22(15-23(38)24(41)16-40(27,35)49)54-37-34(50-6)30(45)26(43)18-53-37/h15,19-22,24-37,41-49H,7-14,16-18H2,1-6H3. The Kier molecular flexibility index (Phi) is 13.0. The maximum atomic E-state index is 12.8. The van der Waals surface area contributed by atoms with E-state index in [9.17, 15) is 46.0 Å². The van der Waals surface area contributed by atoms with Crippen molar-refractivity contribution in [2.24, 2.45) is 46.3 Å². The molecule has 20 atom stereocenters. The Morgan fingerprint density at radius 1 is 0.796 bits per heavy atom. The molecule has 54 heavy (non-hydrogen) atoms. The molecule has 2 heterocycles. The summed E-state index contributed by atoms with van der Waals surface area (Å²) >= 11 is 0. The van der Waals surface area contributed by atoms with E-state index in [-0.39, 0.29) is 43.3 Å². The normalized spacial score (nSPS) is 50.5. The van der Waals surface area contributed by atoms with Crippen molar-refractivity contribution in [3.05, 3.63) is 11.6 Å². The number of methoxy groups -OCH3 is 1. The zero-order valence-corrected chi connectivity index (χ0v) is 32.8. The fourth-order valence-electron chi connectivity index (χ4n) is 12.1. The van der Waals surface area contributed by atoms with Gasteiger partial charge < -0.3 is 69.6 Å². The Morgan fingerprint density at radius 2 is 1.46 bits per heavy atom. The van der Waals surface area contributed by atoms with Crippen LogP contribution < -0.4 is 0 Å². The predicted molar refractivity (Wildman–Crippen MR) is 193 cm³/mol. The molecule has 0 aromatic carbocycles. The number of aliphatic hydroxyl groups is 9. The van der Waals surface area contributed by atoms with Crippen LogP contribution in [0.2, 0.25) is 0 Å². The van der Waals surface area contributed by atoms with Gasteiger partial charge in [0.25, 0.3) is 0 Å². The summed E-state index contributed by atoms with van der Waals surface area (Å²) in [5.74, 6) is -0.552. The van der Waals surface area contributed by atoms with Crippen molar-refractivity contribution in [2.75, 3.05) is 26.9 Å². The first-order valence-electron chi connectivity index (χ1n) is 20.3. The van der Waals surface area contributed by atoms with E-state index in [0.29, 0.717) is 44.6 Å². The number of ether oxygens (including phenoxy) is 5. The van der Waals surface area contributed by atoms with Crippen LogP contribution in [0.1, 0.15) is 86.0 Å². The highest BCUT2D eigenvalue weighted by atomic mass is 16.7. The Balaban J connectivity index is 1.12. The molecule has 4 aliphatic carbocycles. The molecule has 14 nitrogen and oxygen atoms in total. The molecule has 0 radical (unpaired) electrons. The number of hydrogen-bond donors (Lipinski definition) is 9. The summed E-state index contributed by atoms with van der Waals surface area (Å²) in [6.45, 7) is 10.7. The second kappa shape index (κ2) is 16.4. The minimum atomic E-state index is -1.41. The topological polar surface area (TPSA) is 228 Å². The van der Waals surface area contributed by atoms with E-state index in [1.54, 1.807) is 0 Å². The second-order valence-corrected chi connectivity index (χ2v) is 18.5. The Hall–Kier alpha value is -0.820. The van der Waals surface area contributed by atoms with E-state index >= 15 is 0 Å². The maximum Gasteiger partial charge on any atom is 0.187 e. The van der Waals surface area contributed by atoms with E-state index in [1.165, 1.54) is 7.11 Å². The lowest BCUT2D eigenvalue weighted by atomic mass is 9.43. The third kappa shape index (κ3) is 7.49. The van der Waals surface area contributed by atoms with Crippen LogP contribution in [0.3, 0.4) is 0 Å². The van der Waals surface area contributed by atoms with Crippen molar-refractivity contribution in [3.8, 4) is 0 Å². The molecule has 0 amide bonds. The smallest absolute Gasteiger partial charge is 0.187 e. The van der Waals surface area contributed by atoms with Gasteiger partial charge in [0.1, 0.15) is 36.6 Å². The van der Waals surface area contributed by atoms with Gasteiger partial charge in [-0.05, 0) is 84.5 Å². The SMILES string of the molecule is COC1C(OC2C=C3C(O)CC4(O)C(CCC5(C)C(C(C)CCC(CCOC6OCC(O)C(O)C6O)C(C)C)C(O)C(O)C54)C3(C)CC2)OCC(O)C1O. The van der Waals surface area contributed by atoms with Gasteiger partial charge in [-0.1, -0.05) is 47.1 Å². The maximum absolute atomic E-state index is 12.8. The first kappa shape index (κ1) is 42.8. The molecule has 0 spiro atoms. The van der Waals surface area contributed by atoms with Crippen molar-refractivity contribution < 1.29 is 69.6 Å². The number of rotatable bonds is 12. The van der Waals surface area contributed by atoms with Crippen molar-refractivity contribution in [2.45, 2.75) is 165 Å². The summed E-state index contributed by atoms with van der Waals surface area (Å²) in [7, 11) is 1.42. The number of hydrogen-bond acceptors (Lipinski definition) is 14. The zero-order valence-electron chi connectivity index (χ0n) is 32.8. The minimum Gasteiger partial charge on any atom is -0.390 e. The summed E-state index contributed by atoms with van der Waals surface area (Å²) in [6.07, 6.45) is -5.63. The highest BCUT2D eigenvalue weighted by Crippen LogP contribution is 2.69. The van der Waals surface area contributed by atoms with Gasteiger partial charge in [0.2, 0.25) is 0 Å². The van der Waals surface area contributed by atoms with Crippen molar-refractivity contribution in [3.63, 3.8) is 0 Å². The third-order valence-corrected chi connectivity index (χ3v) is 15.1. The molecule has 0 bridgehead atoms. The quantitative estimate of drug-likeness (QED) is 0.124. The van der Waals surface area contributed by atoms with Gasteiger partial charge in [-0.15, -0.1) is 0 Å². The zero-order chi connectivity index (χ0) is 39.5. The summed E-state index contributed by atoms with van der Waals surface area (Å²) in [5, 5.41) is 98.7. The largest absolute Gasteiger partial charge is 0.390 e. The highest BCUT2D eigenvalue weighted by Gasteiger charge is 2.72. The summed E-state index contributed by atoms with van der Waals surface area (Å²) in [5.41, 5.74) is -1.77. The predicted octanol–water partition coefficient (Wildman–Crippen LogP) is 0.605. The Bertz CT molecular complexity index is 1300. The van der Waals surface area contributed by atoms with Crippen LogP contribution in [0.25, 0.3) is 0 Å². The molecule has 0 aromatic heterocycles. The fourth-order valence-corrected chi connectivity index (χ4v) is 12.1. The lowest BCUT2D eigenvalue weighted by Crippen LogP contribution is -2.66. The molecule has 5 fully saturated rings. The van der Waals surface area contributed by atoms with E-state index in [0.717, 1.165) is 18.4 Å². The fraction of sp³-hybridized carbons (Fsp3) is 0.950. The number of fused-ring (bicyclic) bond motifs is 5. The van der Waals surface area contributed by atoms with E-state index in [4.69, 9.17) is 23.7 Å². The molecular formula is C40H68O14. The van der Waals surface area contributed by atoms with Crippen LogP contribution in [-0.4, -0.2) is 152 Å². The minimum absolute atomic E-state index is 0.0248. The van der Waals surface area contributed by atoms with Gasteiger partial charge in [0, 0.05) is 19.4 Å². The molecule has 0 aromatic rings. The lowest BCUT2D eigenvalue weighted by Gasteiger charge is -2.64. The van der Waals surface area contributed by atoms with Gasteiger partial charge >= 0.3 is 0 Å². The molecule has 20 unspecified atom stereocenters. The summed E-state index contributed by atoms with van der Waals surface area (Å²) < 4.78 is 28.5. The van der Waals surface area contributed by atoms with Crippen LogP contribution >= 0.6 is 0 Å². The van der Waals surface area contributed by atoms with Gasteiger partial charge in [-0.3, -0.25) is 0 Å². The van der Waals surface area contributed by atoms with Crippen LogP contribution in [0.5, 0.6) is 0 Å². The molecule has 2 saturated heterocycles. The first-order valence-corrected chi connectivity index (χ1v) is 20.3. The second-order valence-electron chi connectivity index (χ2n) is 18.5. The van der Waals surface area contributed by atoms with Gasteiger partial charge in [-0.25, -0.2) is 0 Å². The van der Waals surface area contributed by atoms with Crippen LogP contribution in [0, 0.1) is 46.3 Å². The van der Waals surface area contributed by atoms with E-state index in [2.05, 4.69) is 34.6 Å². The van der Waals surface area contributed by atoms with Gasteiger partial charge in [0.15, 0.2) is 12.6 Å². The van der Waals surface area contributed by atoms with E-state index < -0.39 is 96.0 Å². The number of aliphatic hydroxyl groups excluding tert-OH is 8.